The van der Waals surface area contributed by atoms with Crippen LogP contribution in [0.5, 0.6) is 5.75 Å². The topological polar surface area (TPSA) is 97.0 Å². The molecular formula is C24H26N4O3. The number of carbonyl (C=O) groups is 1. The highest BCUT2D eigenvalue weighted by Gasteiger charge is 2.12. The van der Waals surface area contributed by atoms with Crippen LogP contribution in [0, 0.1) is 0 Å². The second-order valence-corrected chi connectivity index (χ2v) is 7.10. The summed E-state index contributed by atoms with van der Waals surface area (Å²) in [6.07, 6.45) is 2.94. The van der Waals surface area contributed by atoms with Crippen molar-refractivity contribution in [3.63, 3.8) is 0 Å². The Balaban J connectivity index is 1.56. The van der Waals surface area contributed by atoms with E-state index in [9.17, 15) is 9.59 Å². The summed E-state index contributed by atoms with van der Waals surface area (Å²) >= 11 is 0. The number of hydrogen-bond acceptors (Lipinski definition) is 5. The molecule has 160 valence electrons. The number of rotatable bonds is 10. The molecule has 7 heteroatoms. The molecule has 7 nitrogen and oxygen atoms in total. The predicted octanol–water partition coefficient (Wildman–Crippen LogP) is 3.60. The van der Waals surface area contributed by atoms with E-state index in [0.717, 1.165) is 23.3 Å². The molecule has 0 bridgehead atoms. The van der Waals surface area contributed by atoms with Gasteiger partial charge in [0, 0.05) is 18.4 Å². The van der Waals surface area contributed by atoms with E-state index in [1.54, 1.807) is 18.2 Å². The fourth-order valence-electron chi connectivity index (χ4n) is 2.99. The third-order valence-corrected chi connectivity index (χ3v) is 4.75. The normalized spacial score (nSPS) is 11.5. The van der Waals surface area contributed by atoms with Gasteiger partial charge in [0.1, 0.15) is 11.4 Å². The number of aryl methyl sites for hydroxylation is 1. The summed E-state index contributed by atoms with van der Waals surface area (Å²) < 4.78 is 5.57. The molecule has 0 aliphatic heterocycles. The van der Waals surface area contributed by atoms with Crippen LogP contribution in [-0.2, 0) is 11.2 Å². The van der Waals surface area contributed by atoms with E-state index in [2.05, 4.69) is 27.1 Å². The van der Waals surface area contributed by atoms with E-state index >= 15 is 0 Å². The molecule has 0 radical (unpaired) electrons. The lowest BCUT2D eigenvalue weighted by molar-refractivity contribution is -0.121. The van der Waals surface area contributed by atoms with Crippen molar-refractivity contribution in [3.8, 4) is 17.1 Å². The van der Waals surface area contributed by atoms with Crippen molar-refractivity contribution in [3.05, 3.63) is 88.9 Å². The number of ether oxygens (including phenoxy) is 1. The molecule has 0 spiro atoms. The highest BCUT2D eigenvalue weighted by molar-refractivity contribution is 5.76. The Morgan fingerprint density at radius 3 is 2.58 bits per heavy atom. The van der Waals surface area contributed by atoms with Crippen molar-refractivity contribution in [1.82, 2.24) is 20.5 Å². The maximum atomic E-state index is 12.4. The molecule has 1 unspecified atom stereocenters. The van der Waals surface area contributed by atoms with Crippen molar-refractivity contribution >= 4 is 5.91 Å². The SMILES string of the molecule is C=CCCOc1ccc(-c2nnc(CCC(=O)NC(C)c3ccccc3)c(=O)[nH]2)cc1. The summed E-state index contributed by atoms with van der Waals surface area (Å²) in [7, 11) is 0. The van der Waals surface area contributed by atoms with Crippen LogP contribution >= 0.6 is 0 Å². The third-order valence-electron chi connectivity index (χ3n) is 4.75. The van der Waals surface area contributed by atoms with Gasteiger partial charge >= 0.3 is 0 Å². The van der Waals surface area contributed by atoms with Gasteiger partial charge in [0.15, 0.2) is 5.82 Å². The van der Waals surface area contributed by atoms with Gasteiger partial charge in [-0.2, -0.15) is 0 Å². The number of nitrogens with one attached hydrogen (secondary N) is 2. The first-order valence-corrected chi connectivity index (χ1v) is 10.2. The minimum absolute atomic E-state index is 0.107. The van der Waals surface area contributed by atoms with Gasteiger partial charge < -0.3 is 15.0 Å². The van der Waals surface area contributed by atoms with Crippen LogP contribution in [-0.4, -0.2) is 27.7 Å². The molecule has 1 amide bonds. The van der Waals surface area contributed by atoms with Gasteiger partial charge in [-0.3, -0.25) is 9.59 Å². The number of amides is 1. The van der Waals surface area contributed by atoms with Crippen molar-refractivity contribution in [2.45, 2.75) is 32.2 Å². The van der Waals surface area contributed by atoms with Gasteiger partial charge in [0.25, 0.3) is 5.56 Å². The van der Waals surface area contributed by atoms with Gasteiger partial charge in [-0.1, -0.05) is 36.4 Å². The first-order valence-electron chi connectivity index (χ1n) is 10.2. The summed E-state index contributed by atoms with van der Waals surface area (Å²) in [6, 6.07) is 16.8. The van der Waals surface area contributed by atoms with Crippen molar-refractivity contribution in [1.29, 1.82) is 0 Å². The van der Waals surface area contributed by atoms with E-state index in [4.69, 9.17) is 4.74 Å². The molecule has 2 aromatic carbocycles. The molecular weight excluding hydrogens is 392 g/mol. The number of carbonyl (C=O) groups excluding carboxylic acids is 1. The molecule has 0 saturated carbocycles. The van der Waals surface area contributed by atoms with Crippen molar-refractivity contribution < 1.29 is 9.53 Å². The molecule has 0 fully saturated rings. The standard InChI is InChI=1S/C24H26N4O3/c1-3-4-16-31-20-12-10-19(11-13-20)23-26-24(30)21(27-28-23)14-15-22(29)25-17(2)18-8-6-5-7-9-18/h3,5-13,17H,1,4,14-16H2,2H3,(H,25,29)(H,26,28,30). The van der Waals surface area contributed by atoms with Crippen LogP contribution in [0.3, 0.4) is 0 Å². The van der Waals surface area contributed by atoms with Crippen molar-refractivity contribution in [2.75, 3.05) is 6.61 Å². The Hall–Kier alpha value is -3.74. The largest absolute Gasteiger partial charge is 0.493 e. The Morgan fingerprint density at radius 1 is 1.16 bits per heavy atom. The van der Waals surface area contributed by atoms with Gasteiger partial charge in [-0.15, -0.1) is 16.8 Å². The second-order valence-electron chi connectivity index (χ2n) is 7.10. The highest BCUT2D eigenvalue weighted by atomic mass is 16.5. The minimum Gasteiger partial charge on any atom is -0.493 e. The summed E-state index contributed by atoms with van der Waals surface area (Å²) in [6.45, 7) is 6.14. The van der Waals surface area contributed by atoms with Crippen LogP contribution in [0.15, 0.2) is 72.0 Å². The number of H-pyrrole nitrogens is 1. The second kappa shape index (κ2) is 10.9. The van der Waals surface area contributed by atoms with Gasteiger partial charge in [0.2, 0.25) is 5.91 Å². The molecule has 3 aromatic rings. The number of aromatic amines is 1. The maximum Gasteiger partial charge on any atom is 0.273 e. The predicted molar refractivity (Wildman–Crippen MR) is 120 cm³/mol. The van der Waals surface area contributed by atoms with Crippen LogP contribution in [0.25, 0.3) is 11.4 Å². The van der Waals surface area contributed by atoms with Gasteiger partial charge in [-0.05, 0) is 43.2 Å². The molecule has 3 rings (SSSR count). The number of hydrogen-bond donors (Lipinski definition) is 2. The van der Waals surface area contributed by atoms with Crippen molar-refractivity contribution in [2.24, 2.45) is 0 Å². The first kappa shape index (κ1) is 22.0. The number of aromatic nitrogens is 3. The molecule has 0 saturated heterocycles. The monoisotopic (exact) mass is 418 g/mol. The zero-order chi connectivity index (χ0) is 22.1. The number of nitrogens with zero attached hydrogens (tertiary/aromatic N) is 2. The minimum atomic E-state index is -0.347. The smallest absolute Gasteiger partial charge is 0.273 e. The summed E-state index contributed by atoms with van der Waals surface area (Å²) in [4.78, 5) is 27.4. The average molecular weight is 418 g/mol. The first-order chi connectivity index (χ1) is 15.1. The Labute approximate surface area is 181 Å². The van der Waals surface area contributed by atoms with Crippen LogP contribution in [0.4, 0.5) is 0 Å². The Bertz CT molecular complexity index is 1060. The summed E-state index contributed by atoms with van der Waals surface area (Å²) in [5, 5.41) is 11.1. The molecule has 0 aliphatic carbocycles. The van der Waals surface area contributed by atoms with Crippen LogP contribution < -0.4 is 15.6 Å². The average Bonchev–Trinajstić information content (AvgIpc) is 2.79. The zero-order valence-corrected chi connectivity index (χ0v) is 17.5. The fourth-order valence-corrected chi connectivity index (χ4v) is 2.99. The molecule has 1 aromatic heterocycles. The van der Waals surface area contributed by atoms with E-state index in [1.165, 1.54) is 0 Å². The quantitative estimate of drug-likeness (QED) is 0.387. The summed E-state index contributed by atoms with van der Waals surface area (Å²) in [5.41, 5.74) is 1.63. The van der Waals surface area contributed by atoms with E-state index < -0.39 is 0 Å². The lowest BCUT2D eigenvalue weighted by Gasteiger charge is -2.14. The lowest BCUT2D eigenvalue weighted by atomic mass is 10.1. The van der Waals surface area contributed by atoms with E-state index in [-0.39, 0.29) is 36.0 Å². The van der Waals surface area contributed by atoms with E-state index in [0.29, 0.717) is 12.4 Å². The molecule has 0 aliphatic rings. The Morgan fingerprint density at radius 2 is 1.90 bits per heavy atom. The fraction of sp³-hybridized carbons (Fsp3) is 0.250. The van der Waals surface area contributed by atoms with Crippen LogP contribution in [0.1, 0.15) is 37.1 Å². The Kier molecular flexibility index (Phi) is 7.70. The number of benzene rings is 2. The third kappa shape index (κ3) is 6.37. The molecule has 1 atom stereocenters. The molecule has 2 N–H and O–H groups in total. The molecule has 1 heterocycles. The summed E-state index contributed by atoms with van der Waals surface area (Å²) in [5.74, 6) is 0.954. The molecule has 31 heavy (non-hydrogen) atoms. The van der Waals surface area contributed by atoms with Crippen LogP contribution in [0.2, 0.25) is 0 Å². The van der Waals surface area contributed by atoms with E-state index in [1.807, 2.05) is 49.4 Å². The lowest BCUT2D eigenvalue weighted by Crippen LogP contribution is -2.28. The van der Waals surface area contributed by atoms with Gasteiger partial charge in [0.05, 0.1) is 12.6 Å². The zero-order valence-electron chi connectivity index (χ0n) is 17.5. The maximum absolute atomic E-state index is 12.4. The van der Waals surface area contributed by atoms with Gasteiger partial charge in [-0.25, -0.2) is 0 Å². The highest BCUT2D eigenvalue weighted by Crippen LogP contribution is 2.18.